The summed E-state index contributed by atoms with van der Waals surface area (Å²) >= 11 is 1.65. The first-order valence-corrected chi connectivity index (χ1v) is 10.9. The van der Waals surface area contributed by atoms with E-state index in [0.717, 1.165) is 10.5 Å². The van der Waals surface area contributed by atoms with E-state index in [-0.39, 0.29) is 29.0 Å². The van der Waals surface area contributed by atoms with Gasteiger partial charge in [-0.05, 0) is 54.3 Å². The zero-order valence-electron chi connectivity index (χ0n) is 17.0. The number of ether oxygens (including phenoxy) is 1. The van der Waals surface area contributed by atoms with Crippen LogP contribution in [-0.4, -0.2) is 18.6 Å². The van der Waals surface area contributed by atoms with E-state index >= 15 is 0 Å². The van der Waals surface area contributed by atoms with E-state index in [1.54, 1.807) is 60.3 Å². The van der Waals surface area contributed by atoms with Gasteiger partial charge in [-0.3, -0.25) is 9.59 Å². The highest BCUT2D eigenvalue weighted by Gasteiger charge is 2.20. The number of carbonyl (C=O) groups excluding carboxylic acids is 1. The Labute approximate surface area is 183 Å². The van der Waals surface area contributed by atoms with Gasteiger partial charge in [-0.1, -0.05) is 43.0 Å². The van der Waals surface area contributed by atoms with E-state index in [1.165, 1.54) is 6.08 Å². The second kappa shape index (κ2) is 9.06. The largest absolute Gasteiger partial charge is 0.489 e. The Morgan fingerprint density at radius 3 is 2.58 bits per heavy atom. The summed E-state index contributed by atoms with van der Waals surface area (Å²) < 4.78 is 11.7. The van der Waals surface area contributed by atoms with Gasteiger partial charge in [0.2, 0.25) is 5.43 Å². The second-order valence-electron chi connectivity index (χ2n) is 6.81. The molecule has 0 atom stereocenters. The van der Waals surface area contributed by atoms with Gasteiger partial charge in [0.25, 0.3) is 0 Å². The average Bonchev–Trinajstić information content (AvgIpc) is 2.81. The molecule has 0 fully saturated rings. The van der Waals surface area contributed by atoms with Gasteiger partial charge in [0, 0.05) is 4.90 Å². The monoisotopic (exact) mass is 428 g/mol. The summed E-state index contributed by atoms with van der Waals surface area (Å²) in [4.78, 5) is 27.4. The Bertz CT molecular complexity index is 1360. The first-order valence-electron chi connectivity index (χ1n) is 9.71. The van der Waals surface area contributed by atoms with Gasteiger partial charge in [0.05, 0.1) is 10.8 Å². The Balaban J connectivity index is 1.85. The molecule has 0 aliphatic carbocycles. The van der Waals surface area contributed by atoms with Crippen molar-refractivity contribution in [2.45, 2.75) is 4.90 Å². The fourth-order valence-electron chi connectivity index (χ4n) is 3.32. The molecule has 0 saturated carbocycles. The molecule has 5 heteroatoms. The molecule has 4 rings (SSSR count). The summed E-state index contributed by atoms with van der Waals surface area (Å²) in [6, 6.07) is 18.1. The third kappa shape index (κ3) is 4.18. The quantitative estimate of drug-likeness (QED) is 0.117. The highest BCUT2D eigenvalue weighted by Crippen LogP contribution is 2.30. The first-order chi connectivity index (χ1) is 15.1. The number of fused-ring (bicyclic) bond motifs is 2. The van der Waals surface area contributed by atoms with Crippen molar-refractivity contribution >= 4 is 45.6 Å². The molecule has 0 aliphatic rings. The molecule has 4 aromatic rings. The minimum Gasteiger partial charge on any atom is -0.489 e. The molecule has 1 heterocycles. The third-order valence-corrected chi connectivity index (χ3v) is 5.60. The van der Waals surface area contributed by atoms with E-state index in [2.05, 4.69) is 6.58 Å². The van der Waals surface area contributed by atoms with Crippen LogP contribution in [0, 0.1) is 0 Å². The molecule has 0 aliphatic heterocycles. The lowest BCUT2D eigenvalue weighted by atomic mass is 10.0. The van der Waals surface area contributed by atoms with Crippen LogP contribution in [-0.2, 0) is 0 Å². The van der Waals surface area contributed by atoms with E-state index < -0.39 is 0 Å². The van der Waals surface area contributed by atoms with Crippen molar-refractivity contribution in [3.05, 3.63) is 101 Å². The van der Waals surface area contributed by atoms with E-state index in [9.17, 15) is 9.59 Å². The lowest BCUT2D eigenvalue weighted by Gasteiger charge is -2.11. The van der Waals surface area contributed by atoms with Crippen molar-refractivity contribution in [1.29, 1.82) is 0 Å². The maximum Gasteiger partial charge on any atom is 0.200 e. The van der Waals surface area contributed by atoms with E-state index in [0.29, 0.717) is 22.1 Å². The Morgan fingerprint density at radius 2 is 1.84 bits per heavy atom. The maximum absolute atomic E-state index is 13.2. The topological polar surface area (TPSA) is 56.5 Å². The lowest BCUT2D eigenvalue weighted by molar-refractivity contribution is 0.104. The van der Waals surface area contributed by atoms with Crippen LogP contribution in [0.1, 0.15) is 15.9 Å². The summed E-state index contributed by atoms with van der Waals surface area (Å²) in [6.45, 7) is 3.88. The molecular formula is C26H20O4S. The normalized spacial score (nSPS) is 11.3. The highest BCUT2D eigenvalue weighted by atomic mass is 32.2. The van der Waals surface area contributed by atoms with Crippen molar-refractivity contribution in [1.82, 2.24) is 0 Å². The number of ketones is 1. The van der Waals surface area contributed by atoms with Gasteiger partial charge in [-0.2, -0.15) is 0 Å². The van der Waals surface area contributed by atoms with Gasteiger partial charge in [-0.15, -0.1) is 11.8 Å². The predicted molar refractivity (Wildman–Crippen MR) is 127 cm³/mol. The van der Waals surface area contributed by atoms with Crippen molar-refractivity contribution < 1.29 is 13.9 Å². The van der Waals surface area contributed by atoms with Gasteiger partial charge in [0.15, 0.2) is 11.4 Å². The average molecular weight is 429 g/mol. The number of thioether (sulfide) groups is 1. The number of rotatable bonds is 7. The third-order valence-electron chi connectivity index (χ3n) is 4.85. The van der Waals surface area contributed by atoms with E-state index in [1.807, 2.05) is 30.5 Å². The first kappa shape index (κ1) is 20.7. The molecular weight excluding hydrogens is 408 g/mol. The number of allylic oxidation sites excluding steroid dienone is 1. The lowest BCUT2D eigenvalue weighted by Crippen LogP contribution is -2.08. The van der Waals surface area contributed by atoms with Crippen molar-refractivity contribution in [2.75, 3.05) is 12.9 Å². The van der Waals surface area contributed by atoms with Gasteiger partial charge < -0.3 is 9.15 Å². The zero-order chi connectivity index (χ0) is 21.8. The number of benzene rings is 3. The molecule has 1 aromatic heterocycles. The number of carbonyl (C=O) groups is 1. The fourth-order valence-corrected chi connectivity index (χ4v) is 3.73. The summed E-state index contributed by atoms with van der Waals surface area (Å²) in [5, 5.41) is 0.809. The smallest absolute Gasteiger partial charge is 0.200 e. The molecule has 31 heavy (non-hydrogen) atoms. The summed E-state index contributed by atoms with van der Waals surface area (Å²) in [5.41, 5.74) is 1.58. The Kier molecular flexibility index (Phi) is 6.05. The molecule has 0 bridgehead atoms. The Morgan fingerprint density at radius 1 is 1.06 bits per heavy atom. The van der Waals surface area contributed by atoms with Crippen molar-refractivity contribution in [3.8, 4) is 5.75 Å². The van der Waals surface area contributed by atoms with Gasteiger partial charge in [-0.25, -0.2) is 0 Å². The van der Waals surface area contributed by atoms with Crippen LogP contribution in [0.4, 0.5) is 0 Å². The number of hydrogen-bond acceptors (Lipinski definition) is 5. The molecule has 0 spiro atoms. The zero-order valence-corrected chi connectivity index (χ0v) is 17.8. The van der Waals surface area contributed by atoms with E-state index in [4.69, 9.17) is 9.15 Å². The molecule has 4 nitrogen and oxygen atoms in total. The predicted octanol–water partition coefficient (Wildman–Crippen LogP) is 6.13. The SMILES string of the molecule is C=CCOc1ccc2c(=O)c3ccccc3oc2c1C(=O)C=Cc1ccc(SC)cc1. The van der Waals surface area contributed by atoms with Crippen molar-refractivity contribution in [3.63, 3.8) is 0 Å². The highest BCUT2D eigenvalue weighted by molar-refractivity contribution is 7.98. The van der Waals surface area contributed by atoms with Crippen LogP contribution < -0.4 is 10.2 Å². The second-order valence-corrected chi connectivity index (χ2v) is 7.69. The molecule has 154 valence electrons. The van der Waals surface area contributed by atoms with Crippen molar-refractivity contribution in [2.24, 2.45) is 0 Å². The minimum atomic E-state index is -0.308. The van der Waals surface area contributed by atoms with Crippen LogP contribution in [0.25, 0.3) is 28.0 Å². The summed E-state index contributed by atoms with van der Waals surface area (Å²) in [5.74, 6) is 0.0373. The van der Waals surface area contributed by atoms with Gasteiger partial charge >= 0.3 is 0 Å². The molecule has 3 aromatic carbocycles. The molecule has 0 amide bonds. The number of para-hydroxylation sites is 1. The van der Waals surface area contributed by atoms with Crippen LogP contribution in [0.2, 0.25) is 0 Å². The molecule has 0 radical (unpaired) electrons. The Hall–Kier alpha value is -3.57. The molecule has 0 unspecified atom stereocenters. The summed E-state index contributed by atoms with van der Waals surface area (Å²) in [7, 11) is 0. The summed E-state index contributed by atoms with van der Waals surface area (Å²) in [6.07, 6.45) is 6.82. The molecule has 0 N–H and O–H groups in total. The van der Waals surface area contributed by atoms with Crippen LogP contribution >= 0.6 is 11.8 Å². The molecule has 0 saturated heterocycles. The minimum absolute atomic E-state index is 0.183. The fraction of sp³-hybridized carbons (Fsp3) is 0.0769. The van der Waals surface area contributed by atoms with Crippen LogP contribution in [0.5, 0.6) is 5.75 Å². The number of hydrogen-bond donors (Lipinski definition) is 0. The maximum atomic E-state index is 13.2. The van der Waals surface area contributed by atoms with Gasteiger partial charge in [0.1, 0.15) is 23.5 Å². The standard InChI is InChI=1S/C26H20O4S/c1-3-16-29-23-15-13-20-25(28)19-6-4-5-7-22(19)30-26(20)24(23)21(27)14-10-17-8-11-18(31-2)12-9-17/h3-15H,1,16H2,2H3. The van der Waals surface area contributed by atoms with Crippen LogP contribution in [0.15, 0.2) is 93.5 Å². The van der Waals surface area contributed by atoms with Crippen LogP contribution in [0.3, 0.4) is 0 Å².